The molecule has 0 aliphatic heterocycles. The van der Waals surface area contributed by atoms with Crippen LogP contribution in [0, 0.1) is 6.92 Å². The molecule has 1 amide bonds. The van der Waals surface area contributed by atoms with Crippen molar-refractivity contribution in [1.82, 2.24) is 9.78 Å². The molecule has 0 aliphatic rings. The Bertz CT molecular complexity index is 837. The zero-order valence-electron chi connectivity index (χ0n) is 14.0. The van der Waals surface area contributed by atoms with Crippen molar-refractivity contribution >= 4 is 11.6 Å². The standard InChI is InChI=1S/C20H21N3O/c1-3-9-19-17(14-21-23(19)16-11-5-4-6-12-16)20(24)22-18-13-8-7-10-15(18)2/h4-8,10-14H,3,9H2,1-2H3,(H,22,24). The second kappa shape index (κ2) is 7.13. The predicted molar refractivity (Wildman–Crippen MR) is 96.7 cm³/mol. The summed E-state index contributed by atoms with van der Waals surface area (Å²) in [4.78, 5) is 12.7. The van der Waals surface area contributed by atoms with E-state index >= 15 is 0 Å². The molecule has 122 valence electrons. The van der Waals surface area contributed by atoms with Crippen LogP contribution >= 0.6 is 0 Å². The van der Waals surface area contributed by atoms with Gasteiger partial charge in [0.2, 0.25) is 0 Å². The summed E-state index contributed by atoms with van der Waals surface area (Å²) in [5, 5.41) is 7.44. The summed E-state index contributed by atoms with van der Waals surface area (Å²) in [6, 6.07) is 17.7. The van der Waals surface area contributed by atoms with Gasteiger partial charge in [-0.2, -0.15) is 5.10 Å². The smallest absolute Gasteiger partial charge is 0.259 e. The molecule has 2 aromatic carbocycles. The maximum atomic E-state index is 12.7. The third-order valence-corrected chi connectivity index (χ3v) is 3.99. The molecule has 1 heterocycles. The van der Waals surface area contributed by atoms with Crippen molar-refractivity contribution in [3.8, 4) is 5.69 Å². The minimum atomic E-state index is -0.116. The van der Waals surface area contributed by atoms with Crippen LogP contribution in [0.3, 0.4) is 0 Å². The summed E-state index contributed by atoms with van der Waals surface area (Å²) in [5.74, 6) is -0.116. The number of rotatable bonds is 5. The number of amides is 1. The Morgan fingerprint density at radius 1 is 1.08 bits per heavy atom. The monoisotopic (exact) mass is 319 g/mol. The van der Waals surface area contributed by atoms with Crippen LogP contribution in [0.5, 0.6) is 0 Å². The molecule has 4 heteroatoms. The molecular weight excluding hydrogens is 298 g/mol. The molecule has 0 unspecified atom stereocenters. The number of benzene rings is 2. The first-order chi connectivity index (χ1) is 11.7. The topological polar surface area (TPSA) is 46.9 Å². The van der Waals surface area contributed by atoms with E-state index in [9.17, 15) is 4.79 Å². The molecule has 1 aromatic heterocycles. The van der Waals surface area contributed by atoms with Gasteiger partial charge in [-0.1, -0.05) is 49.7 Å². The van der Waals surface area contributed by atoms with Crippen molar-refractivity contribution in [1.29, 1.82) is 0 Å². The van der Waals surface area contributed by atoms with Crippen molar-refractivity contribution in [3.63, 3.8) is 0 Å². The number of nitrogens with one attached hydrogen (secondary N) is 1. The first kappa shape index (κ1) is 16.0. The van der Waals surface area contributed by atoms with Gasteiger partial charge < -0.3 is 5.32 Å². The van der Waals surface area contributed by atoms with E-state index in [-0.39, 0.29) is 5.91 Å². The molecule has 4 nitrogen and oxygen atoms in total. The highest BCUT2D eigenvalue weighted by atomic mass is 16.1. The summed E-state index contributed by atoms with van der Waals surface area (Å²) >= 11 is 0. The number of hydrogen-bond donors (Lipinski definition) is 1. The molecule has 0 spiro atoms. The van der Waals surface area contributed by atoms with Gasteiger partial charge in [0.15, 0.2) is 0 Å². The van der Waals surface area contributed by atoms with Crippen molar-refractivity contribution in [2.75, 3.05) is 5.32 Å². The van der Waals surface area contributed by atoms with Crippen molar-refractivity contribution in [3.05, 3.63) is 77.6 Å². The predicted octanol–water partition coefficient (Wildman–Crippen LogP) is 4.39. The van der Waals surface area contributed by atoms with E-state index in [1.54, 1.807) is 6.20 Å². The molecule has 0 saturated carbocycles. The normalized spacial score (nSPS) is 10.6. The molecule has 0 atom stereocenters. The van der Waals surface area contributed by atoms with E-state index in [4.69, 9.17) is 0 Å². The molecule has 3 aromatic rings. The minimum Gasteiger partial charge on any atom is -0.322 e. The Morgan fingerprint density at radius 2 is 1.79 bits per heavy atom. The Labute approximate surface area is 142 Å². The number of aryl methyl sites for hydroxylation is 1. The molecule has 0 aliphatic carbocycles. The number of aromatic nitrogens is 2. The third kappa shape index (κ3) is 3.23. The van der Waals surface area contributed by atoms with Gasteiger partial charge in [-0.05, 0) is 37.1 Å². The largest absolute Gasteiger partial charge is 0.322 e. The first-order valence-corrected chi connectivity index (χ1v) is 8.20. The van der Waals surface area contributed by atoms with Crippen LogP contribution in [-0.4, -0.2) is 15.7 Å². The minimum absolute atomic E-state index is 0.116. The van der Waals surface area contributed by atoms with Crippen LogP contribution in [0.1, 0.15) is 35.0 Å². The molecule has 0 bridgehead atoms. The Morgan fingerprint density at radius 3 is 2.50 bits per heavy atom. The fourth-order valence-corrected chi connectivity index (χ4v) is 2.74. The highest BCUT2D eigenvalue weighted by Gasteiger charge is 2.18. The van der Waals surface area contributed by atoms with E-state index in [0.717, 1.165) is 35.5 Å². The lowest BCUT2D eigenvalue weighted by Gasteiger charge is -2.10. The number of anilines is 1. The van der Waals surface area contributed by atoms with Crippen LogP contribution in [0.25, 0.3) is 5.69 Å². The highest BCUT2D eigenvalue weighted by Crippen LogP contribution is 2.20. The lowest BCUT2D eigenvalue weighted by atomic mass is 10.1. The maximum absolute atomic E-state index is 12.7. The Kier molecular flexibility index (Phi) is 4.75. The summed E-state index contributed by atoms with van der Waals surface area (Å²) < 4.78 is 1.86. The van der Waals surface area contributed by atoms with Gasteiger partial charge >= 0.3 is 0 Å². The zero-order valence-corrected chi connectivity index (χ0v) is 14.0. The molecule has 0 fully saturated rings. The molecule has 1 N–H and O–H groups in total. The summed E-state index contributed by atoms with van der Waals surface area (Å²) in [6.45, 7) is 4.08. The van der Waals surface area contributed by atoms with Crippen molar-refractivity contribution in [2.24, 2.45) is 0 Å². The average Bonchev–Trinajstić information content (AvgIpc) is 3.02. The fraction of sp³-hybridized carbons (Fsp3) is 0.200. The second-order valence-electron chi connectivity index (χ2n) is 5.77. The number of carbonyl (C=O) groups is 1. The third-order valence-electron chi connectivity index (χ3n) is 3.99. The first-order valence-electron chi connectivity index (χ1n) is 8.20. The lowest BCUT2D eigenvalue weighted by molar-refractivity contribution is 0.102. The van der Waals surface area contributed by atoms with Gasteiger partial charge in [-0.15, -0.1) is 0 Å². The molecule has 24 heavy (non-hydrogen) atoms. The molecule has 0 radical (unpaired) electrons. The van der Waals surface area contributed by atoms with Crippen LogP contribution in [0.2, 0.25) is 0 Å². The van der Waals surface area contributed by atoms with Gasteiger partial charge in [0.05, 0.1) is 23.1 Å². The van der Waals surface area contributed by atoms with Crippen LogP contribution in [0.15, 0.2) is 60.8 Å². The maximum Gasteiger partial charge on any atom is 0.259 e. The van der Waals surface area contributed by atoms with Crippen molar-refractivity contribution in [2.45, 2.75) is 26.7 Å². The zero-order chi connectivity index (χ0) is 16.9. The van der Waals surface area contributed by atoms with E-state index in [2.05, 4.69) is 17.3 Å². The van der Waals surface area contributed by atoms with Gasteiger partial charge in [-0.25, -0.2) is 4.68 Å². The molecular formula is C20H21N3O. The Hall–Kier alpha value is -2.88. The fourth-order valence-electron chi connectivity index (χ4n) is 2.74. The lowest BCUT2D eigenvalue weighted by Crippen LogP contribution is -2.15. The summed E-state index contributed by atoms with van der Waals surface area (Å²) in [5.41, 5.74) is 4.41. The average molecular weight is 319 g/mol. The van der Waals surface area contributed by atoms with Gasteiger partial charge in [0.25, 0.3) is 5.91 Å². The molecule has 3 rings (SSSR count). The van der Waals surface area contributed by atoms with Gasteiger partial charge in [0.1, 0.15) is 0 Å². The van der Waals surface area contributed by atoms with Crippen LogP contribution in [-0.2, 0) is 6.42 Å². The highest BCUT2D eigenvalue weighted by molar-refractivity contribution is 6.05. The van der Waals surface area contributed by atoms with Gasteiger partial charge in [0, 0.05) is 5.69 Å². The van der Waals surface area contributed by atoms with Crippen LogP contribution < -0.4 is 5.32 Å². The second-order valence-corrected chi connectivity index (χ2v) is 5.77. The summed E-state index contributed by atoms with van der Waals surface area (Å²) in [7, 11) is 0. The van der Waals surface area contributed by atoms with E-state index < -0.39 is 0 Å². The van der Waals surface area contributed by atoms with E-state index in [1.165, 1.54) is 0 Å². The number of carbonyl (C=O) groups excluding carboxylic acids is 1. The Balaban J connectivity index is 1.94. The SMILES string of the molecule is CCCc1c(C(=O)Nc2ccccc2C)cnn1-c1ccccc1. The number of para-hydroxylation sites is 2. The van der Waals surface area contributed by atoms with Crippen LogP contribution in [0.4, 0.5) is 5.69 Å². The van der Waals surface area contributed by atoms with E-state index in [0.29, 0.717) is 5.56 Å². The van der Waals surface area contributed by atoms with E-state index in [1.807, 2.05) is 66.2 Å². The number of hydrogen-bond acceptors (Lipinski definition) is 2. The van der Waals surface area contributed by atoms with Gasteiger partial charge in [-0.3, -0.25) is 4.79 Å². The quantitative estimate of drug-likeness (QED) is 0.758. The number of nitrogens with zero attached hydrogens (tertiary/aromatic N) is 2. The summed E-state index contributed by atoms with van der Waals surface area (Å²) in [6.07, 6.45) is 3.40. The van der Waals surface area contributed by atoms with Crippen molar-refractivity contribution < 1.29 is 4.79 Å². The molecule has 0 saturated heterocycles.